The summed E-state index contributed by atoms with van der Waals surface area (Å²) in [7, 11) is 0. The zero-order chi connectivity index (χ0) is 13.7. The number of rotatable bonds is 3. The van der Waals surface area contributed by atoms with Gasteiger partial charge in [0.15, 0.2) is 0 Å². The Balaban J connectivity index is 1.72. The Labute approximate surface area is 117 Å². The van der Waals surface area contributed by atoms with E-state index >= 15 is 0 Å². The summed E-state index contributed by atoms with van der Waals surface area (Å²) >= 11 is 0. The lowest BCUT2D eigenvalue weighted by atomic mass is 9.99. The number of fused-ring (bicyclic) bond motifs is 1. The van der Waals surface area contributed by atoms with Crippen molar-refractivity contribution in [2.45, 2.75) is 53.1 Å². The first kappa shape index (κ1) is 13.0. The predicted octanol–water partition coefficient (Wildman–Crippen LogP) is 3.57. The maximum absolute atomic E-state index is 3.76. The van der Waals surface area contributed by atoms with E-state index in [0.29, 0.717) is 16.9 Å². The van der Waals surface area contributed by atoms with Gasteiger partial charge < -0.3 is 10.6 Å². The summed E-state index contributed by atoms with van der Waals surface area (Å²) in [6.07, 6.45) is 2.48. The van der Waals surface area contributed by atoms with Crippen LogP contribution in [0.15, 0.2) is 18.2 Å². The molecule has 0 spiro atoms. The second-order valence-corrected chi connectivity index (χ2v) is 7.24. The summed E-state index contributed by atoms with van der Waals surface area (Å²) < 4.78 is 0. The molecule has 0 atom stereocenters. The van der Waals surface area contributed by atoms with Gasteiger partial charge in [0.2, 0.25) is 0 Å². The second kappa shape index (κ2) is 4.24. The summed E-state index contributed by atoms with van der Waals surface area (Å²) in [4.78, 5) is 0. The monoisotopic (exact) mass is 258 g/mol. The molecule has 0 unspecified atom stereocenters. The second-order valence-electron chi connectivity index (χ2n) is 7.24. The van der Waals surface area contributed by atoms with Gasteiger partial charge in [-0.3, -0.25) is 0 Å². The van der Waals surface area contributed by atoms with Crippen LogP contribution in [0.25, 0.3) is 0 Å². The molecule has 2 N–H and O–H groups in total. The molecule has 2 aliphatic rings. The zero-order valence-electron chi connectivity index (χ0n) is 12.6. The van der Waals surface area contributed by atoms with Gasteiger partial charge in [-0.2, -0.15) is 0 Å². The number of nitrogens with one attached hydrogen (secondary N) is 2. The highest BCUT2D eigenvalue weighted by molar-refractivity contribution is 5.59. The van der Waals surface area contributed by atoms with Crippen LogP contribution in [0.5, 0.6) is 0 Å². The largest absolute Gasteiger partial charge is 0.385 e. The lowest BCUT2D eigenvalue weighted by molar-refractivity contribution is 0.457. The average Bonchev–Trinajstić information content (AvgIpc) is 2.77. The van der Waals surface area contributed by atoms with Crippen molar-refractivity contribution in [3.05, 3.63) is 29.3 Å². The van der Waals surface area contributed by atoms with Crippen molar-refractivity contribution in [2.75, 3.05) is 11.9 Å². The van der Waals surface area contributed by atoms with E-state index in [-0.39, 0.29) is 0 Å². The Bertz CT molecular complexity index is 474. The first-order chi connectivity index (χ1) is 8.94. The molecular weight excluding hydrogens is 232 g/mol. The molecule has 0 amide bonds. The lowest BCUT2D eigenvalue weighted by Gasteiger charge is -2.21. The molecule has 19 heavy (non-hydrogen) atoms. The molecule has 1 heterocycles. The van der Waals surface area contributed by atoms with E-state index in [2.05, 4.69) is 56.5 Å². The van der Waals surface area contributed by atoms with E-state index in [9.17, 15) is 0 Å². The molecule has 104 valence electrons. The molecule has 3 rings (SSSR count). The van der Waals surface area contributed by atoms with Crippen molar-refractivity contribution in [3.63, 3.8) is 0 Å². The molecule has 2 nitrogen and oxygen atoms in total. The van der Waals surface area contributed by atoms with Crippen molar-refractivity contribution >= 4 is 5.69 Å². The van der Waals surface area contributed by atoms with Gasteiger partial charge in [0.1, 0.15) is 0 Å². The summed E-state index contributed by atoms with van der Waals surface area (Å²) in [5, 5.41) is 7.34. The van der Waals surface area contributed by atoms with Crippen LogP contribution in [0.2, 0.25) is 0 Å². The zero-order valence-corrected chi connectivity index (χ0v) is 12.6. The fraction of sp³-hybridized carbons (Fsp3) is 0.647. The standard InChI is InChI=1S/C17H26N2/c1-16(2)15(17(16,3)4)19-11-13-8-5-7-12-9-6-10-18-14(12)13/h5,7-8,15,18-19H,6,9-11H2,1-4H3. The fourth-order valence-electron chi connectivity index (χ4n) is 3.65. The smallest absolute Gasteiger partial charge is 0.0418 e. The van der Waals surface area contributed by atoms with E-state index in [4.69, 9.17) is 0 Å². The summed E-state index contributed by atoms with van der Waals surface area (Å²) in [5.74, 6) is 0. The average molecular weight is 258 g/mol. The number of benzene rings is 1. The maximum Gasteiger partial charge on any atom is 0.0418 e. The van der Waals surface area contributed by atoms with Gasteiger partial charge in [-0.25, -0.2) is 0 Å². The van der Waals surface area contributed by atoms with Crippen molar-refractivity contribution in [1.82, 2.24) is 5.32 Å². The normalized spacial score (nSPS) is 23.6. The van der Waals surface area contributed by atoms with Gasteiger partial charge in [0, 0.05) is 24.8 Å². The summed E-state index contributed by atoms with van der Waals surface area (Å²) in [6, 6.07) is 7.34. The summed E-state index contributed by atoms with van der Waals surface area (Å²) in [5.41, 5.74) is 5.12. The van der Waals surface area contributed by atoms with Crippen LogP contribution < -0.4 is 10.6 Å². The van der Waals surface area contributed by atoms with Crippen molar-refractivity contribution in [3.8, 4) is 0 Å². The Hall–Kier alpha value is -1.02. The third-order valence-electron chi connectivity index (χ3n) is 5.68. The van der Waals surface area contributed by atoms with E-state index in [1.54, 1.807) is 0 Å². The topological polar surface area (TPSA) is 24.1 Å². The van der Waals surface area contributed by atoms with Gasteiger partial charge >= 0.3 is 0 Å². The van der Waals surface area contributed by atoms with Crippen molar-refractivity contribution in [1.29, 1.82) is 0 Å². The lowest BCUT2D eigenvalue weighted by Crippen LogP contribution is -2.23. The molecule has 1 aromatic rings. The number of hydrogen-bond acceptors (Lipinski definition) is 2. The molecule has 0 radical (unpaired) electrons. The van der Waals surface area contributed by atoms with Gasteiger partial charge in [-0.15, -0.1) is 0 Å². The van der Waals surface area contributed by atoms with Gasteiger partial charge in [-0.05, 0) is 34.8 Å². The molecule has 1 fully saturated rings. The van der Waals surface area contributed by atoms with Crippen molar-refractivity contribution < 1.29 is 0 Å². The van der Waals surface area contributed by atoms with Crippen LogP contribution in [0, 0.1) is 10.8 Å². The Morgan fingerprint density at radius 3 is 2.63 bits per heavy atom. The van der Waals surface area contributed by atoms with Gasteiger partial charge in [0.05, 0.1) is 0 Å². The highest BCUT2D eigenvalue weighted by atomic mass is 15.0. The summed E-state index contributed by atoms with van der Waals surface area (Å²) in [6.45, 7) is 11.6. The van der Waals surface area contributed by atoms with Crippen LogP contribution in [-0.4, -0.2) is 12.6 Å². The fourth-order valence-corrected chi connectivity index (χ4v) is 3.65. The Kier molecular flexibility index (Phi) is 2.90. The molecule has 1 saturated carbocycles. The van der Waals surface area contributed by atoms with Crippen LogP contribution in [-0.2, 0) is 13.0 Å². The van der Waals surface area contributed by atoms with Crippen molar-refractivity contribution in [2.24, 2.45) is 10.8 Å². The molecule has 1 aliphatic carbocycles. The first-order valence-electron chi connectivity index (χ1n) is 7.52. The number of para-hydroxylation sites is 1. The van der Waals surface area contributed by atoms with Crippen LogP contribution in [0.1, 0.15) is 45.2 Å². The molecule has 0 bridgehead atoms. The Morgan fingerprint density at radius 2 is 1.95 bits per heavy atom. The third-order valence-corrected chi connectivity index (χ3v) is 5.68. The third kappa shape index (κ3) is 1.97. The van der Waals surface area contributed by atoms with E-state index in [1.165, 1.54) is 29.7 Å². The molecule has 1 aromatic carbocycles. The van der Waals surface area contributed by atoms with E-state index in [0.717, 1.165) is 13.1 Å². The number of hydrogen-bond donors (Lipinski definition) is 2. The van der Waals surface area contributed by atoms with Crippen LogP contribution >= 0.6 is 0 Å². The minimum absolute atomic E-state index is 0.412. The van der Waals surface area contributed by atoms with E-state index < -0.39 is 0 Å². The van der Waals surface area contributed by atoms with E-state index in [1.807, 2.05) is 0 Å². The SMILES string of the molecule is CC1(C)C(NCc2cccc3c2NCCC3)C1(C)C. The predicted molar refractivity (Wildman–Crippen MR) is 81.4 cm³/mol. The van der Waals surface area contributed by atoms with Gasteiger partial charge in [0.25, 0.3) is 0 Å². The first-order valence-corrected chi connectivity index (χ1v) is 7.52. The minimum atomic E-state index is 0.412. The van der Waals surface area contributed by atoms with Crippen LogP contribution in [0.3, 0.4) is 0 Å². The maximum atomic E-state index is 3.76. The number of aryl methyl sites for hydroxylation is 1. The Morgan fingerprint density at radius 1 is 1.21 bits per heavy atom. The van der Waals surface area contributed by atoms with Crippen LogP contribution in [0.4, 0.5) is 5.69 Å². The quantitative estimate of drug-likeness (QED) is 0.866. The molecule has 0 aromatic heterocycles. The molecule has 2 heteroatoms. The minimum Gasteiger partial charge on any atom is -0.385 e. The molecule has 1 aliphatic heterocycles. The highest BCUT2D eigenvalue weighted by Crippen LogP contribution is 2.62. The highest BCUT2D eigenvalue weighted by Gasteiger charge is 2.64. The molecule has 0 saturated heterocycles. The number of anilines is 1. The van der Waals surface area contributed by atoms with Gasteiger partial charge in [-0.1, -0.05) is 45.9 Å². The molecular formula is C17H26N2.